The number of amides is 2. The third kappa shape index (κ3) is 4.31. The Morgan fingerprint density at radius 2 is 1.91 bits per heavy atom. The Hall–Kier alpha value is -3.36. The molecule has 0 unspecified atom stereocenters. The third-order valence-electron chi connectivity index (χ3n) is 6.49. The molecule has 176 valence electrons. The number of carbonyl (C=O) groups is 3. The van der Waals surface area contributed by atoms with Gasteiger partial charge in [0.1, 0.15) is 17.0 Å². The molecule has 0 saturated heterocycles. The second-order valence-electron chi connectivity index (χ2n) is 8.76. The first-order chi connectivity index (χ1) is 15.9. The van der Waals surface area contributed by atoms with Crippen LogP contribution in [-0.2, 0) is 22.6 Å². The lowest BCUT2D eigenvalue weighted by atomic mass is 9.93. The standard InChI is InChI=1S/C24H30N4O5/c1-4-33-18-11-9-16(10-12-18)13-28-21(29)20-19(22(30)32-3)25-15-27(20)14-24(28,2)23(31)26-17-7-5-6-8-17/h9-12,15,17H,4-8,13-14H2,1-3H3,(H,26,31)/t24-/m1/s1. The molecular formula is C24H30N4O5. The summed E-state index contributed by atoms with van der Waals surface area (Å²) in [5.74, 6) is -0.582. The molecular weight excluding hydrogens is 424 g/mol. The molecule has 2 aromatic rings. The van der Waals surface area contributed by atoms with Gasteiger partial charge in [0.15, 0.2) is 5.69 Å². The van der Waals surface area contributed by atoms with Gasteiger partial charge in [-0.3, -0.25) is 9.59 Å². The molecule has 0 spiro atoms. The Morgan fingerprint density at radius 1 is 1.21 bits per heavy atom. The van der Waals surface area contributed by atoms with Crippen molar-refractivity contribution in [2.75, 3.05) is 13.7 Å². The summed E-state index contributed by atoms with van der Waals surface area (Å²) in [4.78, 5) is 45.1. The first-order valence-electron chi connectivity index (χ1n) is 11.4. The molecule has 2 heterocycles. The summed E-state index contributed by atoms with van der Waals surface area (Å²) in [6.07, 6.45) is 5.49. The minimum absolute atomic E-state index is 0.0440. The number of ether oxygens (including phenoxy) is 2. The number of benzene rings is 1. The van der Waals surface area contributed by atoms with Crippen LogP contribution in [0, 0.1) is 0 Å². The predicted octanol–water partition coefficient (Wildman–Crippen LogP) is 2.54. The van der Waals surface area contributed by atoms with E-state index in [1.165, 1.54) is 18.3 Å². The van der Waals surface area contributed by atoms with E-state index in [4.69, 9.17) is 9.47 Å². The molecule has 1 atom stereocenters. The summed E-state index contributed by atoms with van der Waals surface area (Å²) in [5, 5.41) is 3.14. The van der Waals surface area contributed by atoms with E-state index in [9.17, 15) is 14.4 Å². The molecule has 1 fully saturated rings. The molecule has 1 aliphatic heterocycles. The van der Waals surface area contributed by atoms with Gasteiger partial charge in [-0.2, -0.15) is 0 Å². The van der Waals surface area contributed by atoms with E-state index in [0.717, 1.165) is 37.0 Å². The molecule has 1 N–H and O–H groups in total. The fourth-order valence-corrected chi connectivity index (χ4v) is 4.63. The van der Waals surface area contributed by atoms with Crippen molar-refractivity contribution in [1.29, 1.82) is 0 Å². The first kappa shape index (κ1) is 22.8. The number of aromatic nitrogens is 2. The zero-order valence-electron chi connectivity index (χ0n) is 19.3. The summed E-state index contributed by atoms with van der Waals surface area (Å²) < 4.78 is 11.9. The van der Waals surface area contributed by atoms with Crippen LogP contribution in [0.1, 0.15) is 66.1 Å². The average molecular weight is 455 g/mol. The van der Waals surface area contributed by atoms with E-state index < -0.39 is 17.4 Å². The van der Waals surface area contributed by atoms with E-state index in [2.05, 4.69) is 10.3 Å². The topological polar surface area (TPSA) is 103 Å². The van der Waals surface area contributed by atoms with Crippen LogP contribution in [0.15, 0.2) is 30.6 Å². The van der Waals surface area contributed by atoms with Gasteiger partial charge in [0.25, 0.3) is 5.91 Å². The van der Waals surface area contributed by atoms with Crippen molar-refractivity contribution in [1.82, 2.24) is 19.8 Å². The van der Waals surface area contributed by atoms with Crippen molar-refractivity contribution in [3.8, 4) is 5.75 Å². The van der Waals surface area contributed by atoms with Gasteiger partial charge in [-0.1, -0.05) is 25.0 Å². The van der Waals surface area contributed by atoms with Gasteiger partial charge in [-0.25, -0.2) is 9.78 Å². The normalized spacial score (nSPS) is 20.5. The number of nitrogens with zero attached hydrogens (tertiary/aromatic N) is 3. The zero-order chi connectivity index (χ0) is 23.6. The third-order valence-corrected chi connectivity index (χ3v) is 6.49. The number of hydrogen-bond donors (Lipinski definition) is 1. The predicted molar refractivity (Wildman–Crippen MR) is 120 cm³/mol. The molecule has 9 heteroatoms. The SMILES string of the molecule is CCOc1ccc(CN2C(=O)c3c(C(=O)OC)ncn3C[C@]2(C)C(=O)NC2CCCC2)cc1. The second-order valence-corrected chi connectivity index (χ2v) is 8.76. The summed E-state index contributed by atoms with van der Waals surface area (Å²) in [6, 6.07) is 7.55. The lowest BCUT2D eigenvalue weighted by molar-refractivity contribution is -0.134. The molecule has 0 radical (unpaired) electrons. The largest absolute Gasteiger partial charge is 0.494 e. The Bertz CT molecular complexity index is 1040. The highest BCUT2D eigenvalue weighted by molar-refractivity contribution is 6.06. The van der Waals surface area contributed by atoms with Crippen molar-refractivity contribution in [2.45, 2.75) is 64.2 Å². The Labute approximate surface area is 193 Å². The van der Waals surface area contributed by atoms with Crippen LogP contribution >= 0.6 is 0 Å². The molecule has 1 saturated carbocycles. The minimum Gasteiger partial charge on any atom is -0.494 e. The molecule has 1 aromatic carbocycles. The first-order valence-corrected chi connectivity index (χ1v) is 11.4. The molecule has 0 bridgehead atoms. The highest BCUT2D eigenvalue weighted by atomic mass is 16.5. The maximum absolute atomic E-state index is 13.7. The van der Waals surface area contributed by atoms with E-state index >= 15 is 0 Å². The number of methoxy groups -OCH3 is 1. The molecule has 33 heavy (non-hydrogen) atoms. The van der Waals surface area contributed by atoms with E-state index in [1.54, 1.807) is 11.5 Å². The van der Waals surface area contributed by atoms with Crippen molar-refractivity contribution < 1.29 is 23.9 Å². The molecule has 4 rings (SSSR count). The van der Waals surface area contributed by atoms with Crippen molar-refractivity contribution >= 4 is 17.8 Å². The maximum Gasteiger partial charge on any atom is 0.359 e. The maximum atomic E-state index is 13.7. The van der Waals surface area contributed by atoms with Crippen LogP contribution in [0.2, 0.25) is 0 Å². The van der Waals surface area contributed by atoms with Crippen LogP contribution in [0.4, 0.5) is 0 Å². The van der Waals surface area contributed by atoms with Crippen molar-refractivity contribution in [2.24, 2.45) is 0 Å². The fraction of sp³-hybridized carbons (Fsp3) is 0.500. The van der Waals surface area contributed by atoms with Gasteiger partial charge >= 0.3 is 5.97 Å². The Kier molecular flexibility index (Phi) is 6.40. The quantitative estimate of drug-likeness (QED) is 0.645. The monoisotopic (exact) mass is 454 g/mol. The van der Waals surface area contributed by atoms with E-state index in [1.807, 2.05) is 31.2 Å². The average Bonchev–Trinajstić information content (AvgIpc) is 3.47. The van der Waals surface area contributed by atoms with Crippen molar-refractivity contribution in [3.05, 3.63) is 47.5 Å². The van der Waals surface area contributed by atoms with Crippen LogP contribution in [-0.4, -0.2) is 57.5 Å². The summed E-state index contributed by atoms with van der Waals surface area (Å²) >= 11 is 0. The molecule has 1 aromatic heterocycles. The molecule has 2 aliphatic rings. The molecule has 9 nitrogen and oxygen atoms in total. The number of hydrogen-bond acceptors (Lipinski definition) is 6. The molecule has 1 aliphatic carbocycles. The van der Waals surface area contributed by atoms with Gasteiger partial charge in [-0.15, -0.1) is 0 Å². The van der Waals surface area contributed by atoms with Crippen LogP contribution in [0.25, 0.3) is 0 Å². The molecule has 2 amide bonds. The lowest BCUT2D eigenvalue weighted by Crippen LogP contribution is -2.64. The lowest BCUT2D eigenvalue weighted by Gasteiger charge is -2.44. The zero-order valence-corrected chi connectivity index (χ0v) is 19.3. The minimum atomic E-state index is -1.15. The Morgan fingerprint density at radius 3 is 2.55 bits per heavy atom. The van der Waals surface area contributed by atoms with Gasteiger partial charge in [0, 0.05) is 12.6 Å². The van der Waals surface area contributed by atoms with E-state index in [-0.39, 0.29) is 36.4 Å². The van der Waals surface area contributed by atoms with Crippen molar-refractivity contribution in [3.63, 3.8) is 0 Å². The summed E-state index contributed by atoms with van der Waals surface area (Å²) in [6.45, 7) is 4.63. The van der Waals surface area contributed by atoms with Crippen LogP contribution < -0.4 is 10.1 Å². The van der Waals surface area contributed by atoms with Gasteiger partial charge in [0.05, 0.1) is 26.6 Å². The number of fused-ring (bicyclic) bond motifs is 1. The number of esters is 1. The van der Waals surface area contributed by atoms with Crippen LogP contribution in [0.5, 0.6) is 5.75 Å². The number of imidazole rings is 1. The smallest absolute Gasteiger partial charge is 0.359 e. The fourth-order valence-electron chi connectivity index (χ4n) is 4.63. The van der Waals surface area contributed by atoms with Crippen LogP contribution in [0.3, 0.4) is 0 Å². The second kappa shape index (κ2) is 9.25. The van der Waals surface area contributed by atoms with Gasteiger partial charge in [0.2, 0.25) is 5.91 Å². The van der Waals surface area contributed by atoms with Gasteiger partial charge in [-0.05, 0) is 44.4 Å². The van der Waals surface area contributed by atoms with Gasteiger partial charge < -0.3 is 24.3 Å². The highest BCUT2D eigenvalue weighted by Crippen LogP contribution is 2.32. The number of nitrogens with one attached hydrogen (secondary N) is 1. The summed E-state index contributed by atoms with van der Waals surface area (Å²) in [5.41, 5.74) is -0.213. The number of rotatable bonds is 7. The number of carbonyl (C=O) groups excluding carboxylic acids is 3. The Balaban J connectivity index is 1.69. The highest BCUT2D eigenvalue weighted by Gasteiger charge is 2.49. The van der Waals surface area contributed by atoms with E-state index in [0.29, 0.717) is 6.61 Å². The summed E-state index contributed by atoms with van der Waals surface area (Å²) in [7, 11) is 1.25.